The van der Waals surface area contributed by atoms with Crippen molar-refractivity contribution in [2.45, 2.75) is 38.3 Å². The van der Waals surface area contributed by atoms with Gasteiger partial charge in [-0.3, -0.25) is 47.9 Å². The maximum absolute atomic E-state index is 13.9. The Morgan fingerprint density at radius 1 is 0.222 bits per heavy atom. The van der Waals surface area contributed by atoms with Gasteiger partial charge in [0.1, 0.15) is 0 Å². The minimum atomic E-state index is -4.46. The molecule has 0 saturated carbocycles. The first-order chi connectivity index (χ1) is 32.8. The monoisotopic (exact) mass is 1080 g/mol. The number of sulfone groups is 5. The van der Waals surface area contributed by atoms with Crippen LogP contribution in [0.25, 0.3) is 0 Å². The summed E-state index contributed by atoms with van der Waals surface area (Å²) in [6.07, 6.45) is 3.35. The molecule has 72 heavy (non-hydrogen) atoms. The summed E-state index contributed by atoms with van der Waals surface area (Å²) in [5, 5.41) is 0. The highest BCUT2D eigenvalue weighted by atomic mass is 32.2. The van der Waals surface area contributed by atoms with Gasteiger partial charge in [-0.25, -0.2) is 42.1 Å². The summed E-state index contributed by atoms with van der Waals surface area (Å²) in [7, 11) is -21.4. The van der Waals surface area contributed by atoms with E-state index in [0.29, 0.717) is 73.4 Å². The van der Waals surface area contributed by atoms with E-state index in [4.69, 9.17) is 0 Å². The zero-order valence-corrected chi connectivity index (χ0v) is 42.4. The van der Waals surface area contributed by atoms with Crippen LogP contribution in [-0.4, -0.2) is 131 Å². The number of carbonyl (C=O) groups is 10. The number of hydrogen-bond donors (Lipinski definition) is 0. The lowest BCUT2D eigenvalue weighted by atomic mass is 9.93. The molecular formula is C47H36O20S5. The van der Waals surface area contributed by atoms with Gasteiger partial charge in [-0.15, -0.1) is 0 Å². The van der Waals surface area contributed by atoms with Gasteiger partial charge >= 0.3 is 0 Å². The molecule has 0 bridgehead atoms. The molecule has 0 aromatic heterocycles. The van der Waals surface area contributed by atoms with Crippen LogP contribution >= 0.6 is 0 Å². The van der Waals surface area contributed by atoms with Gasteiger partial charge < -0.3 is 0 Å². The highest BCUT2D eigenvalue weighted by Gasteiger charge is 2.31. The molecule has 0 aliphatic carbocycles. The molecule has 0 unspecified atom stereocenters. The number of rotatable bonds is 19. The van der Waals surface area contributed by atoms with Crippen molar-refractivity contribution in [3.05, 3.63) is 147 Å². The molecule has 0 spiro atoms. The Balaban J connectivity index is 1.60. The third kappa shape index (κ3) is 12.3. The van der Waals surface area contributed by atoms with Crippen LogP contribution in [0.3, 0.4) is 0 Å². The Hall–Kier alpha value is -7.45. The predicted molar refractivity (Wildman–Crippen MR) is 252 cm³/mol. The van der Waals surface area contributed by atoms with Gasteiger partial charge in [0, 0.05) is 86.9 Å². The van der Waals surface area contributed by atoms with Gasteiger partial charge in [-0.2, -0.15) is 0 Å². The fourth-order valence-electron chi connectivity index (χ4n) is 6.57. The van der Waals surface area contributed by atoms with Crippen molar-refractivity contribution in [2.75, 3.05) is 31.3 Å². The molecule has 20 nitrogen and oxygen atoms in total. The molecule has 0 atom stereocenters. The standard InChI is InChI=1S/C47H36O20S5/c1-23(48)25-8-27(15-35(13-25)68(3,58)59)40(50)42(52)29-10-31(19-37(17-29)70(5,62)63)44(54)46(56)33-12-34(22-39(21-33)72(7,66)67)47(57)45(55)32-11-30(18-38(20-32)71(6,64)65)43(53)41(51)28-9-26(24(2)49)14-36(16-28)69(4,60)61/h8-22H,1-7H3. The lowest BCUT2D eigenvalue weighted by Gasteiger charge is -2.11. The number of ketones is 10. The highest BCUT2D eigenvalue weighted by Crippen LogP contribution is 2.26. The maximum atomic E-state index is 13.9. The van der Waals surface area contributed by atoms with E-state index in [1.807, 2.05) is 0 Å². The Morgan fingerprint density at radius 3 is 0.444 bits per heavy atom. The van der Waals surface area contributed by atoms with Crippen LogP contribution in [0.1, 0.15) is 117 Å². The van der Waals surface area contributed by atoms with Crippen LogP contribution in [0.5, 0.6) is 0 Å². The molecule has 0 heterocycles. The Labute approximate surface area is 411 Å². The van der Waals surface area contributed by atoms with Crippen LogP contribution in [0.2, 0.25) is 0 Å². The number of benzene rings is 5. The van der Waals surface area contributed by atoms with Gasteiger partial charge in [-0.1, -0.05) is 0 Å². The first-order valence-electron chi connectivity index (χ1n) is 19.9. The summed E-state index contributed by atoms with van der Waals surface area (Å²) < 4.78 is 126. The van der Waals surface area contributed by atoms with Gasteiger partial charge in [0.15, 0.2) is 60.8 Å². The maximum Gasteiger partial charge on any atom is 0.233 e. The minimum absolute atomic E-state index is 0.298. The topological polar surface area (TPSA) is 341 Å². The average molecular weight is 1080 g/mol. The van der Waals surface area contributed by atoms with Gasteiger partial charge in [0.2, 0.25) is 46.3 Å². The molecule has 0 fully saturated rings. The summed E-state index contributed by atoms with van der Waals surface area (Å²) in [5.74, 6) is -14.2. The van der Waals surface area contributed by atoms with Crippen molar-refractivity contribution in [3.63, 3.8) is 0 Å². The Morgan fingerprint density at radius 2 is 0.333 bits per heavy atom. The van der Waals surface area contributed by atoms with Crippen molar-refractivity contribution < 1.29 is 90.0 Å². The second-order valence-corrected chi connectivity index (χ2v) is 26.4. The summed E-state index contributed by atoms with van der Waals surface area (Å²) in [4.78, 5) is 131. The van der Waals surface area contributed by atoms with E-state index in [2.05, 4.69) is 0 Å². The number of hydrogen-bond acceptors (Lipinski definition) is 20. The first-order valence-corrected chi connectivity index (χ1v) is 29.4. The van der Waals surface area contributed by atoms with Gasteiger partial charge in [0.05, 0.1) is 24.5 Å². The second-order valence-electron chi connectivity index (χ2n) is 16.3. The van der Waals surface area contributed by atoms with Gasteiger partial charge in [-0.05, 0) is 105 Å². The van der Waals surface area contributed by atoms with Crippen molar-refractivity contribution in [1.29, 1.82) is 0 Å². The molecule has 0 saturated heterocycles. The molecule has 0 amide bonds. The molecule has 0 aliphatic heterocycles. The Bertz CT molecular complexity index is 3730. The third-order valence-corrected chi connectivity index (χ3v) is 15.9. The molecule has 0 N–H and O–H groups in total. The lowest BCUT2D eigenvalue weighted by Crippen LogP contribution is -2.21. The van der Waals surface area contributed by atoms with E-state index in [1.165, 1.54) is 0 Å². The van der Waals surface area contributed by atoms with Crippen molar-refractivity contribution in [2.24, 2.45) is 0 Å². The molecule has 5 aromatic rings. The summed E-state index contributed by atoms with van der Waals surface area (Å²) >= 11 is 0. The molecule has 25 heteroatoms. The van der Waals surface area contributed by atoms with E-state index < -0.39 is 176 Å². The zero-order chi connectivity index (χ0) is 54.5. The smallest absolute Gasteiger partial charge is 0.233 e. The van der Waals surface area contributed by atoms with E-state index >= 15 is 0 Å². The van der Waals surface area contributed by atoms with Crippen LogP contribution in [0, 0.1) is 0 Å². The van der Waals surface area contributed by atoms with Crippen molar-refractivity contribution in [3.8, 4) is 0 Å². The predicted octanol–water partition coefficient (Wildman–Crippen LogP) is 3.37. The van der Waals surface area contributed by atoms with Crippen LogP contribution < -0.4 is 0 Å². The fourth-order valence-corrected chi connectivity index (χ4v) is 9.98. The zero-order valence-electron chi connectivity index (χ0n) is 38.4. The molecule has 0 radical (unpaired) electrons. The molecule has 5 rings (SSSR count). The van der Waals surface area contributed by atoms with E-state index in [0.717, 1.165) is 62.8 Å². The van der Waals surface area contributed by atoms with Crippen LogP contribution in [0.4, 0.5) is 0 Å². The van der Waals surface area contributed by atoms with E-state index in [9.17, 15) is 90.0 Å². The molecule has 374 valence electrons. The first kappa shape index (κ1) is 55.5. The minimum Gasteiger partial charge on any atom is -0.295 e. The molecule has 0 aliphatic rings. The Kier molecular flexibility index (Phi) is 15.1. The van der Waals surface area contributed by atoms with Crippen molar-refractivity contribution >= 4 is 107 Å². The molecule has 5 aromatic carbocycles. The fraction of sp³-hybridized carbons (Fsp3) is 0.149. The third-order valence-electron chi connectivity index (χ3n) is 10.4. The van der Waals surface area contributed by atoms with Crippen LogP contribution in [-0.2, 0) is 49.2 Å². The van der Waals surface area contributed by atoms with E-state index in [-0.39, 0.29) is 11.1 Å². The number of carbonyl (C=O) groups excluding carboxylic acids is 10. The SMILES string of the molecule is CC(=O)c1cc(C(=O)C(=O)c2cc(C(=O)C(=O)c3cc(C(=O)C(=O)c4cc(C(=O)C(=O)c5cc(C(C)=O)cc(S(C)(=O)=O)c5)cc(S(C)(=O)=O)c4)cc(S(C)(=O)=O)c3)cc(S(C)(=O)=O)c2)cc(S(C)(=O)=O)c1. The van der Waals surface area contributed by atoms with Crippen LogP contribution in [0.15, 0.2) is 115 Å². The summed E-state index contributed by atoms with van der Waals surface area (Å²) in [5.41, 5.74) is -7.19. The van der Waals surface area contributed by atoms with E-state index in [1.54, 1.807) is 0 Å². The molecular weight excluding hydrogens is 1040 g/mol. The largest absolute Gasteiger partial charge is 0.295 e. The average Bonchev–Trinajstić information content (AvgIpc) is 3.29. The van der Waals surface area contributed by atoms with Gasteiger partial charge in [0.25, 0.3) is 0 Å². The second kappa shape index (κ2) is 19.6. The number of Topliss-reactive ketones (excluding diaryl/α,β-unsaturated/α-hetero) is 10. The summed E-state index contributed by atoms with van der Waals surface area (Å²) in [6, 6.07) is 10.7. The quantitative estimate of drug-likeness (QED) is 0.0845. The normalized spacial score (nSPS) is 12.1. The summed E-state index contributed by atoms with van der Waals surface area (Å²) in [6.45, 7) is 2.08. The highest BCUT2D eigenvalue weighted by molar-refractivity contribution is 7.91. The lowest BCUT2D eigenvalue weighted by molar-refractivity contribution is 0.0809. The van der Waals surface area contributed by atoms with Crippen molar-refractivity contribution in [1.82, 2.24) is 0 Å².